The molecule has 1 aromatic heterocycles. The molecule has 0 saturated heterocycles. The van der Waals surface area contributed by atoms with Gasteiger partial charge in [-0.15, -0.1) is 0 Å². The summed E-state index contributed by atoms with van der Waals surface area (Å²) in [7, 11) is 0. The summed E-state index contributed by atoms with van der Waals surface area (Å²) < 4.78 is 26.8. The van der Waals surface area contributed by atoms with Crippen molar-refractivity contribution in [2.45, 2.75) is 6.92 Å². The Kier molecular flexibility index (Phi) is 2.52. The van der Waals surface area contributed by atoms with E-state index in [-0.39, 0.29) is 16.8 Å². The molecular formula is C11H8F2N2O. The molecule has 0 fully saturated rings. The molecule has 0 aliphatic carbocycles. The lowest BCUT2D eigenvalue weighted by atomic mass is 10.1. The van der Waals surface area contributed by atoms with Gasteiger partial charge in [0.2, 0.25) is 0 Å². The maximum atomic E-state index is 13.5. The Hall–Kier alpha value is -2.04. The highest BCUT2D eigenvalue weighted by molar-refractivity contribution is 5.59. The fourth-order valence-electron chi connectivity index (χ4n) is 1.34. The number of aromatic amines is 1. The monoisotopic (exact) mass is 222 g/mol. The van der Waals surface area contributed by atoms with Gasteiger partial charge in [-0.2, -0.15) is 5.10 Å². The molecule has 2 aromatic rings. The first-order valence-electron chi connectivity index (χ1n) is 4.59. The molecular weight excluding hydrogens is 214 g/mol. The van der Waals surface area contributed by atoms with Crippen molar-refractivity contribution >= 4 is 0 Å². The third-order valence-electron chi connectivity index (χ3n) is 2.20. The van der Waals surface area contributed by atoms with Crippen molar-refractivity contribution < 1.29 is 8.78 Å². The van der Waals surface area contributed by atoms with Crippen molar-refractivity contribution in [3.8, 4) is 11.3 Å². The lowest BCUT2D eigenvalue weighted by Crippen LogP contribution is -2.06. The summed E-state index contributed by atoms with van der Waals surface area (Å²) in [6.07, 6.45) is 0. The summed E-state index contributed by atoms with van der Waals surface area (Å²) >= 11 is 0. The number of aryl methyl sites for hydroxylation is 1. The van der Waals surface area contributed by atoms with Crippen molar-refractivity contribution in [3.05, 3.63) is 51.8 Å². The smallest absolute Gasteiger partial charge is 0.264 e. The van der Waals surface area contributed by atoms with E-state index in [1.807, 2.05) is 0 Å². The zero-order chi connectivity index (χ0) is 11.7. The molecule has 0 atom stereocenters. The number of aromatic nitrogens is 2. The summed E-state index contributed by atoms with van der Waals surface area (Å²) in [4.78, 5) is 10.8. The number of hydrogen-bond acceptors (Lipinski definition) is 2. The van der Waals surface area contributed by atoms with E-state index < -0.39 is 17.2 Å². The summed E-state index contributed by atoms with van der Waals surface area (Å²) in [5, 5.41) is 5.80. The zero-order valence-corrected chi connectivity index (χ0v) is 8.42. The number of nitrogens with zero attached hydrogens (tertiary/aromatic N) is 1. The molecule has 3 nitrogen and oxygen atoms in total. The van der Waals surface area contributed by atoms with E-state index in [0.29, 0.717) is 0 Å². The largest absolute Gasteiger partial charge is 0.268 e. The molecule has 16 heavy (non-hydrogen) atoms. The van der Waals surface area contributed by atoms with Crippen LogP contribution in [0, 0.1) is 18.6 Å². The van der Waals surface area contributed by atoms with Crippen molar-refractivity contribution in [2.24, 2.45) is 0 Å². The predicted octanol–water partition coefficient (Wildman–Crippen LogP) is 2.02. The van der Waals surface area contributed by atoms with Crippen LogP contribution in [0.1, 0.15) is 5.56 Å². The number of H-pyrrole nitrogens is 1. The van der Waals surface area contributed by atoms with Gasteiger partial charge in [0.05, 0.1) is 5.69 Å². The molecule has 0 amide bonds. The first-order valence-corrected chi connectivity index (χ1v) is 4.59. The topological polar surface area (TPSA) is 45.8 Å². The SMILES string of the molecule is Cc1cc(F)c(-c2ccc(=O)[nH]n2)cc1F. The van der Waals surface area contributed by atoms with Crippen LogP contribution < -0.4 is 5.56 Å². The van der Waals surface area contributed by atoms with Gasteiger partial charge < -0.3 is 0 Å². The van der Waals surface area contributed by atoms with Crippen LogP contribution >= 0.6 is 0 Å². The van der Waals surface area contributed by atoms with Gasteiger partial charge in [0.1, 0.15) is 11.6 Å². The molecule has 1 N–H and O–H groups in total. The molecule has 0 aliphatic heterocycles. The van der Waals surface area contributed by atoms with E-state index in [1.165, 1.54) is 19.1 Å². The molecule has 1 aromatic carbocycles. The van der Waals surface area contributed by atoms with Crippen LogP contribution in [0.2, 0.25) is 0 Å². The molecule has 0 unspecified atom stereocenters. The Bertz CT molecular complexity index is 573. The molecule has 82 valence electrons. The normalized spacial score (nSPS) is 10.4. The van der Waals surface area contributed by atoms with E-state index in [4.69, 9.17) is 0 Å². The average molecular weight is 222 g/mol. The predicted molar refractivity (Wildman–Crippen MR) is 54.9 cm³/mol. The summed E-state index contributed by atoms with van der Waals surface area (Å²) in [6.45, 7) is 1.47. The van der Waals surface area contributed by atoms with Crippen molar-refractivity contribution in [3.63, 3.8) is 0 Å². The molecule has 2 rings (SSSR count). The van der Waals surface area contributed by atoms with Gasteiger partial charge in [-0.1, -0.05) is 0 Å². The zero-order valence-electron chi connectivity index (χ0n) is 8.42. The second-order valence-corrected chi connectivity index (χ2v) is 3.39. The Labute approximate surface area is 89.8 Å². The van der Waals surface area contributed by atoms with E-state index in [2.05, 4.69) is 10.2 Å². The van der Waals surface area contributed by atoms with Crippen molar-refractivity contribution in [1.82, 2.24) is 10.2 Å². The van der Waals surface area contributed by atoms with Gasteiger partial charge in [0.25, 0.3) is 5.56 Å². The fraction of sp³-hybridized carbons (Fsp3) is 0.0909. The van der Waals surface area contributed by atoms with E-state index in [0.717, 1.165) is 12.1 Å². The minimum absolute atomic E-state index is 0.0272. The van der Waals surface area contributed by atoms with Crippen LogP contribution in [0.25, 0.3) is 11.3 Å². The quantitative estimate of drug-likeness (QED) is 0.802. The Balaban J connectivity index is 2.60. The number of hydrogen-bond donors (Lipinski definition) is 1. The number of rotatable bonds is 1. The lowest BCUT2D eigenvalue weighted by Gasteiger charge is -2.04. The number of benzene rings is 1. The maximum Gasteiger partial charge on any atom is 0.264 e. The van der Waals surface area contributed by atoms with Gasteiger partial charge in [-0.25, -0.2) is 13.9 Å². The lowest BCUT2D eigenvalue weighted by molar-refractivity contribution is 0.594. The van der Waals surface area contributed by atoms with Crippen LogP contribution in [0.15, 0.2) is 29.1 Å². The van der Waals surface area contributed by atoms with Gasteiger partial charge in [-0.05, 0) is 30.7 Å². The van der Waals surface area contributed by atoms with Crippen LogP contribution in [0.3, 0.4) is 0 Å². The first-order chi connectivity index (χ1) is 7.58. The molecule has 0 aliphatic rings. The highest BCUT2D eigenvalue weighted by atomic mass is 19.1. The number of nitrogens with one attached hydrogen (secondary N) is 1. The Morgan fingerprint density at radius 3 is 2.56 bits per heavy atom. The average Bonchev–Trinajstić information content (AvgIpc) is 2.25. The van der Waals surface area contributed by atoms with Gasteiger partial charge in [-0.3, -0.25) is 4.79 Å². The summed E-state index contributed by atoms with van der Waals surface area (Å²) in [5.74, 6) is -1.08. The molecule has 0 bridgehead atoms. The third kappa shape index (κ3) is 1.84. The standard InChI is InChI=1S/C11H8F2N2O/c1-6-4-9(13)7(5-8(6)12)10-2-3-11(16)15-14-10/h2-5H,1H3,(H,15,16). The fourth-order valence-corrected chi connectivity index (χ4v) is 1.34. The van der Waals surface area contributed by atoms with Crippen LogP contribution in [-0.2, 0) is 0 Å². The van der Waals surface area contributed by atoms with Gasteiger partial charge in [0, 0.05) is 11.6 Å². The highest BCUT2D eigenvalue weighted by Crippen LogP contribution is 2.22. The van der Waals surface area contributed by atoms with Crippen LogP contribution in [0.4, 0.5) is 8.78 Å². The second kappa shape index (κ2) is 3.84. The minimum atomic E-state index is -0.571. The van der Waals surface area contributed by atoms with Crippen molar-refractivity contribution in [1.29, 1.82) is 0 Å². The van der Waals surface area contributed by atoms with E-state index in [1.54, 1.807) is 0 Å². The second-order valence-electron chi connectivity index (χ2n) is 3.39. The molecule has 5 heteroatoms. The Morgan fingerprint density at radius 1 is 1.19 bits per heavy atom. The summed E-state index contributed by atoms with van der Waals surface area (Å²) in [6, 6.07) is 4.70. The molecule has 0 radical (unpaired) electrons. The van der Waals surface area contributed by atoms with Crippen LogP contribution in [-0.4, -0.2) is 10.2 Å². The minimum Gasteiger partial charge on any atom is -0.268 e. The maximum absolute atomic E-state index is 13.5. The third-order valence-corrected chi connectivity index (χ3v) is 2.20. The first kappa shape index (κ1) is 10.5. The van der Waals surface area contributed by atoms with Gasteiger partial charge in [0.15, 0.2) is 0 Å². The highest BCUT2D eigenvalue weighted by Gasteiger charge is 2.10. The summed E-state index contributed by atoms with van der Waals surface area (Å²) in [5.41, 5.74) is 0.0535. The van der Waals surface area contributed by atoms with Crippen LogP contribution in [0.5, 0.6) is 0 Å². The molecule has 0 saturated carbocycles. The van der Waals surface area contributed by atoms with E-state index in [9.17, 15) is 13.6 Å². The molecule has 0 spiro atoms. The van der Waals surface area contributed by atoms with E-state index >= 15 is 0 Å². The molecule has 1 heterocycles. The Morgan fingerprint density at radius 2 is 1.94 bits per heavy atom. The number of halogens is 2. The van der Waals surface area contributed by atoms with Crippen molar-refractivity contribution in [2.75, 3.05) is 0 Å². The van der Waals surface area contributed by atoms with Gasteiger partial charge >= 0.3 is 0 Å².